The summed E-state index contributed by atoms with van der Waals surface area (Å²) in [5.74, 6) is -0.295. The second-order valence-corrected chi connectivity index (χ2v) is 6.22. The van der Waals surface area contributed by atoms with Gasteiger partial charge < -0.3 is 5.73 Å². The Bertz CT molecular complexity index is 625. The molecule has 0 fully saturated rings. The van der Waals surface area contributed by atoms with Gasteiger partial charge in [0.25, 0.3) is 0 Å². The molecule has 1 heterocycles. The lowest BCUT2D eigenvalue weighted by atomic mass is 10.0. The van der Waals surface area contributed by atoms with Crippen LogP contribution >= 0.6 is 31.9 Å². The molecule has 0 bridgehead atoms. The highest BCUT2D eigenvalue weighted by Gasteiger charge is 2.19. The molecule has 3 nitrogen and oxygen atoms in total. The van der Waals surface area contributed by atoms with Gasteiger partial charge in [-0.2, -0.15) is 5.10 Å². The van der Waals surface area contributed by atoms with Crippen LogP contribution in [0.2, 0.25) is 0 Å². The van der Waals surface area contributed by atoms with Crippen molar-refractivity contribution in [3.8, 4) is 0 Å². The lowest BCUT2D eigenvalue weighted by molar-refractivity contribution is 0.601. The monoisotopic (exact) mass is 403 g/mol. The number of benzene rings is 1. The van der Waals surface area contributed by atoms with Crippen LogP contribution in [0.4, 0.5) is 4.39 Å². The molecule has 2 rings (SSSR count). The van der Waals surface area contributed by atoms with E-state index >= 15 is 0 Å². The Hall–Kier alpha value is -0.720. The molecule has 1 unspecified atom stereocenters. The normalized spacial score (nSPS) is 12.7. The Balaban J connectivity index is 2.30. The number of hydrogen-bond acceptors (Lipinski definition) is 2. The van der Waals surface area contributed by atoms with E-state index in [0.29, 0.717) is 10.9 Å². The van der Waals surface area contributed by atoms with Gasteiger partial charge in [-0.15, -0.1) is 0 Å². The van der Waals surface area contributed by atoms with Crippen molar-refractivity contribution in [1.82, 2.24) is 9.78 Å². The lowest BCUT2D eigenvalue weighted by Crippen LogP contribution is -2.16. The van der Waals surface area contributed by atoms with E-state index in [-0.39, 0.29) is 11.9 Å². The van der Waals surface area contributed by atoms with Gasteiger partial charge in [0.2, 0.25) is 0 Å². The number of hydrogen-bond donors (Lipinski definition) is 1. The number of nitrogens with two attached hydrogens (primary N) is 1. The lowest BCUT2D eigenvalue weighted by Gasteiger charge is -2.15. The van der Waals surface area contributed by atoms with Crippen LogP contribution in [-0.4, -0.2) is 9.78 Å². The Labute approximate surface area is 134 Å². The third kappa shape index (κ3) is 2.97. The Morgan fingerprint density at radius 2 is 2.05 bits per heavy atom. The summed E-state index contributed by atoms with van der Waals surface area (Å²) in [7, 11) is 1.90. The van der Waals surface area contributed by atoms with Crippen LogP contribution in [-0.2, 0) is 19.9 Å². The standard InChI is InChI=1S/C14H16Br2FN3/c1-3-11-14(16)12(20(2)19-11)7-10(18)8-5-4-6-9(17)13(8)15/h4-6,10H,3,7,18H2,1-2H3. The molecule has 1 atom stereocenters. The molecule has 0 saturated carbocycles. The summed E-state index contributed by atoms with van der Waals surface area (Å²) in [5, 5.41) is 4.44. The van der Waals surface area contributed by atoms with Crippen molar-refractivity contribution >= 4 is 31.9 Å². The first kappa shape index (κ1) is 15.7. The minimum atomic E-state index is -0.295. The van der Waals surface area contributed by atoms with Crippen molar-refractivity contribution in [3.63, 3.8) is 0 Å². The van der Waals surface area contributed by atoms with Crippen LogP contribution in [0.5, 0.6) is 0 Å². The smallest absolute Gasteiger partial charge is 0.137 e. The van der Waals surface area contributed by atoms with Gasteiger partial charge in [-0.05, 0) is 49.9 Å². The van der Waals surface area contributed by atoms with Crippen LogP contribution in [0.15, 0.2) is 27.1 Å². The fourth-order valence-corrected chi connectivity index (χ4v) is 3.50. The van der Waals surface area contributed by atoms with Crippen molar-refractivity contribution in [2.24, 2.45) is 12.8 Å². The van der Waals surface area contributed by atoms with Crippen LogP contribution in [0.3, 0.4) is 0 Å². The van der Waals surface area contributed by atoms with E-state index in [9.17, 15) is 4.39 Å². The van der Waals surface area contributed by atoms with E-state index in [0.717, 1.165) is 27.8 Å². The molecule has 0 aliphatic heterocycles. The molecule has 0 aliphatic carbocycles. The molecular formula is C14H16Br2FN3. The number of aryl methyl sites for hydroxylation is 2. The summed E-state index contributed by atoms with van der Waals surface area (Å²) < 4.78 is 16.8. The molecule has 1 aromatic heterocycles. The van der Waals surface area contributed by atoms with E-state index in [2.05, 4.69) is 43.9 Å². The van der Waals surface area contributed by atoms with Gasteiger partial charge in [-0.1, -0.05) is 19.1 Å². The van der Waals surface area contributed by atoms with E-state index < -0.39 is 0 Å². The van der Waals surface area contributed by atoms with Crippen LogP contribution in [0.1, 0.15) is 29.9 Å². The quantitative estimate of drug-likeness (QED) is 0.839. The van der Waals surface area contributed by atoms with Gasteiger partial charge in [0.05, 0.1) is 20.3 Å². The third-order valence-electron chi connectivity index (χ3n) is 3.30. The molecule has 6 heteroatoms. The average Bonchev–Trinajstić information content (AvgIpc) is 2.69. The minimum Gasteiger partial charge on any atom is -0.324 e. The summed E-state index contributed by atoms with van der Waals surface area (Å²) in [6.45, 7) is 2.06. The maximum atomic E-state index is 13.6. The van der Waals surface area contributed by atoms with Gasteiger partial charge in [0.1, 0.15) is 5.82 Å². The van der Waals surface area contributed by atoms with Crippen molar-refractivity contribution in [2.75, 3.05) is 0 Å². The summed E-state index contributed by atoms with van der Waals surface area (Å²) in [4.78, 5) is 0. The molecule has 0 spiro atoms. The number of nitrogens with zero attached hydrogens (tertiary/aromatic N) is 2. The van der Waals surface area contributed by atoms with Crippen molar-refractivity contribution < 1.29 is 4.39 Å². The van der Waals surface area contributed by atoms with Gasteiger partial charge in [0.15, 0.2) is 0 Å². The van der Waals surface area contributed by atoms with E-state index in [1.807, 2.05) is 17.8 Å². The van der Waals surface area contributed by atoms with E-state index in [1.54, 1.807) is 6.07 Å². The summed E-state index contributed by atoms with van der Waals surface area (Å²) in [5.41, 5.74) is 9.01. The minimum absolute atomic E-state index is 0.295. The highest BCUT2D eigenvalue weighted by molar-refractivity contribution is 9.10. The maximum absolute atomic E-state index is 13.6. The zero-order chi connectivity index (χ0) is 14.9. The van der Waals surface area contributed by atoms with Gasteiger partial charge >= 0.3 is 0 Å². The van der Waals surface area contributed by atoms with Crippen LogP contribution in [0.25, 0.3) is 0 Å². The Morgan fingerprint density at radius 3 is 2.65 bits per heavy atom. The molecular weight excluding hydrogens is 389 g/mol. The zero-order valence-corrected chi connectivity index (χ0v) is 14.5. The highest BCUT2D eigenvalue weighted by Crippen LogP contribution is 2.30. The Kier molecular flexibility index (Phi) is 4.99. The molecule has 0 amide bonds. The SMILES string of the molecule is CCc1nn(C)c(CC(N)c2cccc(F)c2Br)c1Br. The fraction of sp³-hybridized carbons (Fsp3) is 0.357. The zero-order valence-electron chi connectivity index (χ0n) is 11.3. The van der Waals surface area contributed by atoms with E-state index in [1.165, 1.54) is 6.07 Å². The number of halogens is 3. The molecule has 0 aliphatic rings. The van der Waals surface area contributed by atoms with Crippen molar-refractivity contribution in [3.05, 3.63) is 49.9 Å². The molecule has 108 valence electrons. The van der Waals surface area contributed by atoms with Crippen LogP contribution in [0, 0.1) is 5.82 Å². The second-order valence-electron chi connectivity index (χ2n) is 4.64. The third-order valence-corrected chi connectivity index (χ3v) is 5.05. The molecule has 2 N–H and O–H groups in total. The summed E-state index contributed by atoms with van der Waals surface area (Å²) in [6.07, 6.45) is 1.44. The second kappa shape index (κ2) is 6.37. The van der Waals surface area contributed by atoms with Gasteiger partial charge in [0, 0.05) is 19.5 Å². The predicted octanol–water partition coefficient (Wildman–Crippen LogP) is 3.89. The summed E-state index contributed by atoms with van der Waals surface area (Å²) in [6, 6.07) is 4.63. The molecule has 1 aromatic carbocycles. The average molecular weight is 405 g/mol. The Morgan fingerprint density at radius 1 is 1.35 bits per heavy atom. The fourth-order valence-electron chi connectivity index (χ4n) is 2.17. The first-order chi connectivity index (χ1) is 9.45. The van der Waals surface area contributed by atoms with Gasteiger partial charge in [-0.3, -0.25) is 4.68 Å². The predicted molar refractivity (Wildman–Crippen MR) is 85.0 cm³/mol. The molecule has 2 aromatic rings. The van der Waals surface area contributed by atoms with Crippen molar-refractivity contribution in [1.29, 1.82) is 0 Å². The highest BCUT2D eigenvalue weighted by atomic mass is 79.9. The number of rotatable bonds is 4. The molecule has 0 saturated heterocycles. The molecule has 20 heavy (non-hydrogen) atoms. The first-order valence-corrected chi connectivity index (χ1v) is 7.94. The number of aromatic nitrogens is 2. The topological polar surface area (TPSA) is 43.8 Å². The van der Waals surface area contributed by atoms with E-state index in [4.69, 9.17) is 5.73 Å². The van der Waals surface area contributed by atoms with Gasteiger partial charge in [-0.25, -0.2) is 4.39 Å². The largest absolute Gasteiger partial charge is 0.324 e. The van der Waals surface area contributed by atoms with Crippen molar-refractivity contribution in [2.45, 2.75) is 25.8 Å². The summed E-state index contributed by atoms with van der Waals surface area (Å²) >= 11 is 6.83. The first-order valence-electron chi connectivity index (χ1n) is 6.35. The molecule has 0 radical (unpaired) electrons. The maximum Gasteiger partial charge on any atom is 0.137 e. The van der Waals surface area contributed by atoms with Crippen LogP contribution < -0.4 is 5.73 Å².